The Morgan fingerprint density at radius 1 is 1.05 bits per heavy atom. The van der Waals surface area contributed by atoms with Crippen LogP contribution in [0.2, 0.25) is 0 Å². The number of halogens is 3. The molecule has 0 saturated carbocycles. The molecule has 0 aliphatic carbocycles. The fourth-order valence-corrected chi connectivity index (χ4v) is 2.58. The number of benzene rings is 2. The van der Waals surface area contributed by atoms with Crippen LogP contribution in [0.4, 0.5) is 4.39 Å². The van der Waals surface area contributed by atoms with Crippen LogP contribution >= 0.6 is 31.9 Å². The minimum absolute atomic E-state index is 0.307. The average molecular weight is 417 g/mol. The Morgan fingerprint density at radius 2 is 1.67 bits per heavy atom. The smallest absolute Gasteiger partial charge is 0.137 e. The van der Waals surface area contributed by atoms with Crippen molar-refractivity contribution >= 4 is 31.9 Å². The molecule has 0 aliphatic rings. The molecule has 0 heterocycles. The molecular formula is C16H16Br2FNO. The van der Waals surface area contributed by atoms with Crippen LogP contribution in [0.15, 0.2) is 45.3 Å². The summed E-state index contributed by atoms with van der Waals surface area (Å²) in [6, 6.07) is 10.8. The third-order valence-electron chi connectivity index (χ3n) is 2.85. The van der Waals surface area contributed by atoms with Gasteiger partial charge in [-0.1, -0.05) is 35.8 Å². The first kappa shape index (κ1) is 16.5. The van der Waals surface area contributed by atoms with Crippen LogP contribution in [0, 0.1) is 5.82 Å². The molecule has 112 valence electrons. The van der Waals surface area contributed by atoms with Gasteiger partial charge in [-0.25, -0.2) is 4.39 Å². The normalized spacial score (nSPS) is 11.0. The molecule has 0 atom stereocenters. The molecule has 0 amide bonds. The molecule has 2 aromatic rings. The lowest BCUT2D eigenvalue weighted by molar-refractivity contribution is 0.479. The van der Waals surface area contributed by atoms with Crippen molar-refractivity contribution in [1.82, 2.24) is 5.32 Å². The summed E-state index contributed by atoms with van der Waals surface area (Å²) in [5, 5.41) is 3.37. The summed E-state index contributed by atoms with van der Waals surface area (Å²) < 4.78 is 20.3. The van der Waals surface area contributed by atoms with Crippen LogP contribution in [-0.2, 0) is 6.54 Å². The van der Waals surface area contributed by atoms with Crippen LogP contribution in [-0.4, -0.2) is 6.04 Å². The minimum atomic E-state index is -0.307. The summed E-state index contributed by atoms with van der Waals surface area (Å²) in [5.74, 6) is 0.982. The van der Waals surface area contributed by atoms with Crippen LogP contribution in [0.25, 0.3) is 0 Å². The van der Waals surface area contributed by atoms with Gasteiger partial charge < -0.3 is 10.1 Å². The largest absolute Gasteiger partial charge is 0.457 e. The number of rotatable bonds is 5. The van der Waals surface area contributed by atoms with Gasteiger partial charge in [-0.2, -0.15) is 0 Å². The topological polar surface area (TPSA) is 21.3 Å². The number of hydrogen-bond donors (Lipinski definition) is 1. The molecule has 0 aromatic heterocycles. The van der Waals surface area contributed by atoms with Crippen molar-refractivity contribution in [3.63, 3.8) is 0 Å². The van der Waals surface area contributed by atoms with Crippen LogP contribution in [0.1, 0.15) is 19.4 Å². The molecule has 2 nitrogen and oxygen atoms in total. The average Bonchev–Trinajstić information content (AvgIpc) is 2.42. The maximum atomic E-state index is 13.2. The Kier molecular flexibility index (Phi) is 5.79. The second-order valence-corrected chi connectivity index (χ2v) is 6.68. The summed E-state index contributed by atoms with van der Waals surface area (Å²) >= 11 is 6.69. The van der Waals surface area contributed by atoms with E-state index in [1.54, 1.807) is 12.1 Å². The highest BCUT2D eigenvalue weighted by atomic mass is 79.9. The molecule has 0 saturated heterocycles. The monoisotopic (exact) mass is 415 g/mol. The standard InChI is InChI=1S/C16H16Br2FNO/c1-10(2)20-9-11-3-4-12(7-14(11)17)21-13-5-6-16(19)15(18)8-13/h3-8,10,20H,9H2,1-2H3. The summed E-state index contributed by atoms with van der Waals surface area (Å²) in [7, 11) is 0. The molecule has 5 heteroatoms. The van der Waals surface area contributed by atoms with Gasteiger partial charge in [-0.15, -0.1) is 0 Å². The Morgan fingerprint density at radius 3 is 2.24 bits per heavy atom. The minimum Gasteiger partial charge on any atom is -0.457 e. The first-order valence-electron chi connectivity index (χ1n) is 6.60. The van der Waals surface area contributed by atoms with Crippen LogP contribution in [0.5, 0.6) is 11.5 Å². The zero-order chi connectivity index (χ0) is 15.4. The van der Waals surface area contributed by atoms with Gasteiger partial charge in [0.1, 0.15) is 17.3 Å². The molecule has 0 radical (unpaired) electrons. The Bertz CT molecular complexity index is 632. The molecule has 1 N–H and O–H groups in total. The first-order valence-corrected chi connectivity index (χ1v) is 8.19. The SMILES string of the molecule is CC(C)NCc1ccc(Oc2ccc(F)c(Br)c2)cc1Br. The van der Waals surface area contributed by atoms with E-state index in [-0.39, 0.29) is 5.82 Å². The van der Waals surface area contributed by atoms with Crippen molar-refractivity contribution in [2.75, 3.05) is 0 Å². The van der Waals surface area contributed by atoms with Crippen LogP contribution < -0.4 is 10.1 Å². The van der Waals surface area contributed by atoms with Gasteiger partial charge in [-0.3, -0.25) is 0 Å². The molecule has 0 unspecified atom stereocenters. The number of ether oxygens (including phenoxy) is 1. The lowest BCUT2D eigenvalue weighted by Gasteiger charge is -2.12. The maximum Gasteiger partial charge on any atom is 0.137 e. The van der Waals surface area contributed by atoms with Gasteiger partial charge in [0.15, 0.2) is 0 Å². The Labute approximate surface area is 141 Å². The van der Waals surface area contributed by atoms with Gasteiger partial charge in [0, 0.05) is 17.1 Å². The quantitative estimate of drug-likeness (QED) is 0.680. The van der Waals surface area contributed by atoms with Gasteiger partial charge in [-0.05, 0) is 51.8 Å². The van der Waals surface area contributed by atoms with E-state index < -0.39 is 0 Å². The predicted octanol–water partition coefficient (Wildman–Crippen LogP) is 5.64. The summed E-state index contributed by atoms with van der Waals surface area (Å²) in [5.41, 5.74) is 1.16. The van der Waals surface area contributed by atoms with E-state index in [4.69, 9.17) is 4.74 Å². The van der Waals surface area contributed by atoms with Crippen LogP contribution in [0.3, 0.4) is 0 Å². The fraction of sp³-hybridized carbons (Fsp3) is 0.250. The van der Waals surface area contributed by atoms with Gasteiger partial charge >= 0.3 is 0 Å². The van der Waals surface area contributed by atoms with Crippen molar-refractivity contribution in [2.45, 2.75) is 26.4 Å². The molecule has 0 bridgehead atoms. The molecular weight excluding hydrogens is 401 g/mol. The van der Waals surface area contributed by atoms with E-state index in [1.807, 2.05) is 18.2 Å². The van der Waals surface area contributed by atoms with E-state index >= 15 is 0 Å². The van der Waals surface area contributed by atoms with E-state index in [9.17, 15) is 4.39 Å². The molecule has 0 spiro atoms. The highest BCUT2D eigenvalue weighted by Crippen LogP contribution is 2.29. The maximum absolute atomic E-state index is 13.2. The zero-order valence-electron chi connectivity index (χ0n) is 11.8. The van der Waals surface area contributed by atoms with E-state index in [0.717, 1.165) is 16.6 Å². The molecule has 2 rings (SSSR count). The third kappa shape index (κ3) is 4.80. The Hall–Kier alpha value is -0.910. The van der Waals surface area contributed by atoms with E-state index in [2.05, 4.69) is 51.0 Å². The highest BCUT2D eigenvalue weighted by Gasteiger charge is 2.06. The van der Waals surface area contributed by atoms with E-state index in [1.165, 1.54) is 6.07 Å². The predicted molar refractivity (Wildman–Crippen MR) is 90.3 cm³/mol. The number of nitrogens with one attached hydrogen (secondary N) is 1. The summed E-state index contributed by atoms with van der Waals surface area (Å²) in [6.45, 7) is 5.01. The van der Waals surface area contributed by atoms with Crippen molar-refractivity contribution in [1.29, 1.82) is 0 Å². The second-order valence-electron chi connectivity index (χ2n) is 4.97. The highest BCUT2D eigenvalue weighted by molar-refractivity contribution is 9.10. The summed E-state index contributed by atoms with van der Waals surface area (Å²) in [4.78, 5) is 0. The van der Waals surface area contributed by atoms with Crippen molar-refractivity contribution in [3.05, 3.63) is 56.7 Å². The first-order chi connectivity index (χ1) is 9.95. The van der Waals surface area contributed by atoms with Crippen molar-refractivity contribution in [3.8, 4) is 11.5 Å². The van der Waals surface area contributed by atoms with E-state index in [0.29, 0.717) is 22.0 Å². The molecule has 0 fully saturated rings. The molecule has 0 aliphatic heterocycles. The fourth-order valence-electron chi connectivity index (χ4n) is 1.73. The number of hydrogen-bond acceptors (Lipinski definition) is 2. The third-order valence-corrected chi connectivity index (χ3v) is 4.20. The lowest BCUT2D eigenvalue weighted by Crippen LogP contribution is -2.21. The lowest BCUT2D eigenvalue weighted by atomic mass is 10.2. The molecule has 2 aromatic carbocycles. The van der Waals surface area contributed by atoms with Gasteiger partial charge in [0.25, 0.3) is 0 Å². The second kappa shape index (κ2) is 7.38. The van der Waals surface area contributed by atoms with Crippen molar-refractivity contribution < 1.29 is 9.13 Å². The van der Waals surface area contributed by atoms with Crippen molar-refractivity contribution in [2.24, 2.45) is 0 Å². The van der Waals surface area contributed by atoms with Gasteiger partial charge in [0.2, 0.25) is 0 Å². The summed E-state index contributed by atoms with van der Waals surface area (Å²) in [6.07, 6.45) is 0. The molecule has 21 heavy (non-hydrogen) atoms. The Balaban J connectivity index is 2.10. The van der Waals surface area contributed by atoms with Gasteiger partial charge in [0.05, 0.1) is 4.47 Å². The zero-order valence-corrected chi connectivity index (χ0v) is 15.0.